The summed E-state index contributed by atoms with van der Waals surface area (Å²) in [7, 11) is 0. The number of anilines is 1. The minimum absolute atomic E-state index is 0.0571. The number of fused-ring (bicyclic) bond motifs is 1. The zero-order chi connectivity index (χ0) is 15.6. The molecule has 118 valence electrons. The summed E-state index contributed by atoms with van der Waals surface area (Å²) in [5.41, 5.74) is 0.240. The van der Waals surface area contributed by atoms with Crippen molar-refractivity contribution in [3.05, 3.63) is 18.2 Å². The molecular weight excluding hydrogens is 286 g/mol. The lowest BCUT2D eigenvalue weighted by molar-refractivity contribution is -0.140. The Labute approximate surface area is 128 Å². The van der Waals surface area contributed by atoms with Gasteiger partial charge in [-0.25, -0.2) is 0 Å². The number of carboxylic acid groups (broad SMARTS) is 1. The molecule has 0 unspecified atom stereocenters. The van der Waals surface area contributed by atoms with Gasteiger partial charge in [-0.3, -0.25) is 9.59 Å². The number of carboxylic acids is 1. The second-order valence-electron chi connectivity index (χ2n) is 6.07. The van der Waals surface area contributed by atoms with Crippen molar-refractivity contribution >= 4 is 17.6 Å². The summed E-state index contributed by atoms with van der Waals surface area (Å²) in [6.45, 7) is 0.189. The summed E-state index contributed by atoms with van der Waals surface area (Å²) < 4.78 is 10.5. The molecular formula is C16H19NO5. The molecule has 0 atom stereocenters. The van der Waals surface area contributed by atoms with Gasteiger partial charge in [0.05, 0.1) is 6.42 Å². The van der Waals surface area contributed by atoms with Crippen LogP contribution < -0.4 is 14.8 Å². The van der Waals surface area contributed by atoms with Gasteiger partial charge < -0.3 is 19.9 Å². The van der Waals surface area contributed by atoms with E-state index in [4.69, 9.17) is 14.6 Å². The molecule has 2 N–H and O–H groups in total. The van der Waals surface area contributed by atoms with Crippen molar-refractivity contribution in [1.82, 2.24) is 0 Å². The highest BCUT2D eigenvalue weighted by molar-refractivity contribution is 5.92. The summed E-state index contributed by atoms with van der Waals surface area (Å²) >= 11 is 0. The van der Waals surface area contributed by atoms with Crippen molar-refractivity contribution in [3.8, 4) is 11.5 Å². The van der Waals surface area contributed by atoms with Gasteiger partial charge in [-0.15, -0.1) is 0 Å². The predicted molar refractivity (Wildman–Crippen MR) is 79.0 cm³/mol. The Morgan fingerprint density at radius 3 is 2.59 bits per heavy atom. The van der Waals surface area contributed by atoms with Crippen molar-refractivity contribution in [3.63, 3.8) is 0 Å². The summed E-state index contributed by atoms with van der Waals surface area (Å²) in [6.07, 6.45) is 3.88. The molecule has 2 aliphatic rings. The van der Waals surface area contributed by atoms with E-state index in [0.29, 0.717) is 17.2 Å². The van der Waals surface area contributed by atoms with Crippen LogP contribution >= 0.6 is 0 Å². The van der Waals surface area contributed by atoms with E-state index in [0.717, 1.165) is 25.7 Å². The van der Waals surface area contributed by atoms with Crippen LogP contribution in [0.5, 0.6) is 11.5 Å². The molecule has 1 aliphatic heterocycles. The lowest BCUT2D eigenvalue weighted by atomic mass is 9.79. The van der Waals surface area contributed by atoms with Crippen LogP contribution in [0.4, 0.5) is 5.69 Å². The van der Waals surface area contributed by atoms with Crippen molar-refractivity contribution in [2.75, 3.05) is 12.1 Å². The first-order valence-corrected chi connectivity index (χ1v) is 7.48. The Hall–Kier alpha value is -2.24. The molecule has 22 heavy (non-hydrogen) atoms. The average Bonchev–Trinajstić information content (AvgIpc) is 3.06. The quantitative estimate of drug-likeness (QED) is 0.873. The first-order chi connectivity index (χ1) is 10.6. The molecule has 0 saturated heterocycles. The molecule has 0 bridgehead atoms. The van der Waals surface area contributed by atoms with Crippen molar-refractivity contribution in [1.29, 1.82) is 0 Å². The normalized spacial score (nSPS) is 18.2. The number of amides is 1. The fourth-order valence-electron chi connectivity index (χ4n) is 3.38. The van der Waals surface area contributed by atoms with E-state index in [1.54, 1.807) is 18.2 Å². The van der Waals surface area contributed by atoms with Gasteiger partial charge in [0.15, 0.2) is 11.5 Å². The van der Waals surface area contributed by atoms with E-state index in [9.17, 15) is 9.59 Å². The minimum Gasteiger partial charge on any atom is -0.481 e. The van der Waals surface area contributed by atoms with Gasteiger partial charge in [-0.2, -0.15) is 0 Å². The van der Waals surface area contributed by atoms with E-state index < -0.39 is 11.4 Å². The van der Waals surface area contributed by atoms with Crippen molar-refractivity contribution < 1.29 is 24.2 Å². The molecule has 1 aromatic carbocycles. The van der Waals surface area contributed by atoms with Crippen LogP contribution in [0.1, 0.15) is 38.5 Å². The monoisotopic (exact) mass is 305 g/mol. The third-order valence-electron chi connectivity index (χ3n) is 4.38. The number of benzene rings is 1. The summed E-state index contributed by atoms with van der Waals surface area (Å²) in [5.74, 6) is 0.287. The Bertz CT molecular complexity index is 592. The lowest BCUT2D eigenvalue weighted by Gasteiger charge is -2.26. The van der Waals surface area contributed by atoms with Crippen LogP contribution in [-0.4, -0.2) is 23.8 Å². The molecule has 0 radical (unpaired) electrons. The zero-order valence-electron chi connectivity index (χ0n) is 12.3. The van der Waals surface area contributed by atoms with E-state index >= 15 is 0 Å². The maximum Gasteiger partial charge on any atom is 0.303 e. The number of rotatable bonds is 5. The van der Waals surface area contributed by atoms with Crippen molar-refractivity contribution in [2.45, 2.75) is 38.5 Å². The molecule has 6 heteroatoms. The number of carbonyl (C=O) groups excluding carboxylic acids is 1. The average molecular weight is 305 g/mol. The second kappa shape index (κ2) is 5.87. The van der Waals surface area contributed by atoms with Gasteiger partial charge >= 0.3 is 5.97 Å². The molecule has 1 heterocycles. The fraction of sp³-hybridized carbons (Fsp3) is 0.500. The number of nitrogens with one attached hydrogen (secondary N) is 1. The molecule has 1 amide bonds. The van der Waals surface area contributed by atoms with Gasteiger partial charge in [0.25, 0.3) is 0 Å². The third-order valence-corrected chi connectivity index (χ3v) is 4.38. The van der Waals surface area contributed by atoms with Crippen LogP contribution in [0.15, 0.2) is 18.2 Å². The molecule has 0 spiro atoms. The zero-order valence-corrected chi connectivity index (χ0v) is 12.3. The third kappa shape index (κ3) is 3.16. The maximum atomic E-state index is 12.3. The number of hydrogen-bond acceptors (Lipinski definition) is 4. The summed E-state index contributed by atoms with van der Waals surface area (Å²) in [4.78, 5) is 23.3. The van der Waals surface area contributed by atoms with Crippen molar-refractivity contribution in [2.24, 2.45) is 5.41 Å². The van der Waals surface area contributed by atoms with E-state index in [2.05, 4.69) is 5.32 Å². The van der Waals surface area contributed by atoms with E-state index in [1.807, 2.05) is 0 Å². The number of ether oxygens (including phenoxy) is 2. The highest BCUT2D eigenvalue weighted by atomic mass is 16.7. The highest BCUT2D eigenvalue weighted by Gasteiger charge is 2.38. The summed E-state index contributed by atoms with van der Waals surface area (Å²) in [6, 6.07) is 5.23. The Morgan fingerprint density at radius 2 is 1.86 bits per heavy atom. The Morgan fingerprint density at radius 1 is 1.14 bits per heavy atom. The first kappa shape index (κ1) is 14.7. The van der Waals surface area contributed by atoms with Crippen LogP contribution in [0.2, 0.25) is 0 Å². The minimum atomic E-state index is -0.835. The molecule has 6 nitrogen and oxygen atoms in total. The Balaban J connectivity index is 1.65. The topological polar surface area (TPSA) is 84.9 Å². The smallest absolute Gasteiger partial charge is 0.303 e. The standard InChI is InChI=1S/C16H19NO5/c18-14(8-16(9-15(19)20)5-1-2-6-16)17-11-3-4-12-13(7-11)22-10-21-12/h3-4,7H,1-2,5-6,8-10H2,(H,17,18)(H,19,20). The molecule has 1 fully saturated rings. The molecule has 1 saturated carbocycles. The molecule has 0 aromatic heterocycles. The van der Waals surface area contributed by atoms with Crippen LogP contribution in [0.3, 0.4) is 0 Å². The van der Waals surface area contributed by atoms with Gasteiger partial charge in [-0.05, 0) is 30.4 Å². The molecule has 1 aliphatic carbocycles. The van der Waals surface area contributed by atoms with Crippen LogP contribution in [0.25, 0.3) is 0 Å². The van der Waals surface area contributed by atoms with E-state index in [-0.39, 0.29) is 25.5 Å². The van der Waals surface area contributed by atoms with Crippen LogP contribution in [-0.2, 0) is 9.59 Å². The maximum absolute atomic E-state index is 12.3. The van der Waals surface area contributed by atoms with Gasteiger partial charge in [0, 0.05) is 18.2 Å². The van der Waals surface area contributed by atoms with E-state index in [1.165, 1.54) is 0 Å². The van der Waals surface area contributed by atoms with Gasteiger partial charge in [0.2, 0.25) is 12.7 Å². The van der Waals surface area contributed by atoms with Gasteiger partial charge in [0.1, 0.15) is 0 Å². The lowest BCUT2D eigenvalue weighted by Crippen LogP contribution is -2.27. The highest BCUT2D eigenvalue weighted by Crippen LogP contribution is 2.44. The largest absolute Gasteiger partial charge is 0.481 e. The summed E-state index contributed by atoms with van der Waals surface area (Å²) in [5, 5.41) is 11.9. The number of aliphatic carboxylic acids is 1. The number of hydrogen-bond donors (Lipinski definition) is 2. The molecule has 3 rings (SSSR count). The molecule has 1 aromatic rings. The second-order valence-corrected chi connectivity index (χ2v) is 6.07. The fourth-order valence-corrected chi connectivity index (χ4v) is 3.38. The van der Waals surface area contributed by atoms with Crippen LogP contribution in [0, 0.1) is 5.41 Å². The van der Waals surface area contributed by atoms with Gasteiger partial charge in [-0.1, -0.05) is 12.8 Å². The number of carbonyl (C=O) groups is 2. The first-order valence-electron chi connectivity index (χ1n) is 7.48. The Kier molecular flexibility index (Phi) is 3.92. The SMILES string of the molecule is O=C(O)CC1(CC(=O)Nc2ccc3c(c2)OCO3)CCCC1. The predicted octanol–water partition coefficient (Wildman–Crippen LogP) is 2.78.